The Labute approximate surface area is 193 Å². The Kier molecular flexibility index (Phi) is 6.02. The molecule has 0 saturated heterocycles. The fourth-order valence-corrected chi connectivity index (χ4v) is 5.27. The van der Waals surface area contributed by atoms with Crippen molar-refractivity contribution < 1.29 is 36.2 Å². The summed E-state index contributed by atoms with van der Waals surface area (Å²) in [5.41, 5.74) is 0.360. The first kappa shape index (κ1) is 23.6. The molecule has 0 aliphatic carbocycles. The zero-order valence-corrected chi connectivity index (χ0v) is 18.7. The lowest BCUT2D eigenvalue weighted by Crippen LogP contribution is -2.43. The standard InChI is InChI=1S/C22H20F3N3O5S/c1-27-13-26-11-19(27)14-5-7-20-18(9-14)28(12-16(33-20)6-8-21(29)30)34(31,32)17-4-2-3-15(10-17)22(23,24)25/h2-5,7,9-11,13,16H,6,8,12H2,1H3,(H,29,30). The number of aryl methyl sites for hydroxylation is 1. The van der Waals surface area contributed by atoms with Crippen molar-refractivity contribution in [2.45, 2.75) is 30.0 Å². The molecule has 1 N–H and O–H groups in total. The highest BCUT2D eigenvalue weighted by atomic mass is 32.2. The first-order valence-corrected chi connectivity index (χ1v) is 11.6. The molecule has 8 nitrogen and oxygen atoms in total. The second-order valence-corrected chi connectivity index (χ2v) is 9.67. The predicted molar refractivity (Wildman–Crippen MR) is 116 cm³/mol. The molecular formula is C22H20F3N3O5S. The largest absolute Gasteiger partial charge is 0.486 e. The third-order valence-corrected chi connectivity index (χ3v) is 7.21. The third kappa shape index (κ3) is 4.58. The first-order chi connectivity index (χ1) is 16.0. The Morgan fingerprint density at radius 3 is 2.65 bits per heavy atom. The van der Waals surface area contributed by atoms with Gasteiger partial charge in [0.05, 0.1) is 40.9 Å². The summed E-state index contributed by atoms with van der Waals surface area (Å²) in [6.07, 6.45) is -2.59. The molecule has 0 bridgehead atoms. The van der Waals surface area contributed by atoms with Crippen LogP contribution in [-0.4, -0.2) is 41.7 Å². The van der Waals surface area contributed by atoms with Crippen LogP contribution in [0.25, 0.3) is 11.3 Å². The average molecular weight is 495 g/mol. The highest BCUT2D eigenvalue weighted by molar-refractivity contribution is 7.92. The van der Waals surface area contributed by atoms with Gasteiger partial charge < -0.3 is 14.4 Å². The number of aromatic nitrogens is 2. The summed E-state index contributed by atoms with van der Waals surface area (Å²) >= 11 is 0. The predicted octanol–water partition coefficient (Wildman–Crippen LogP) is 3.93. The number of alkyl halides is 3. The van der Waals surface area contributed by atoms with Crippen molar-refractivity contribution in [2.75, 3.05) is 10.8 Å². The fraction of sp³-hybridized carbons (Fsp3) is 0.273. The van der Waals surface area contributed by atoms with E-state index in [9.17, 15) is 26.4 Å². The van der Waals surface area contributed by atoms with Crippen LogP contribution in [0.2, 0.25) is 0 Å². The van der Waals surface area contributed by atoms with Gasteiger partial charge in [0.2, 0.25) is 0 Å². The quantitative estimate of drug-likeness (QED) is 0.556. The van der Waals surface area contributed by atoms with Gasteiger partial charge in [-0.3, -0.25) is 9.10 Å². The Morgan fingerprint density at radius 1 is 1.24 bits per heavy atom. The summed E-state index contributed by atoms with van der Waals surface area (Å²) < 4.78 is 75.3. The van der Waals surface area contributed by atoms with Crippen molar-refractivity contribution in [3.8, 4) is 17.0 Å². The molecule has 4 rings (SSSR count). The van der Waals surface area contributed by atoms with Crippen molar-refractivity contribution in [2.24, 2.45) is 7.05 Å². The van der Waals surface area contributed by atoms with Gasteiger partial charge in [0.25, 0.3) is 10.0 Å². The lowest BCUT2D eigenvalue weighted by atomic mass is 10.1. The molecule has 0 spiro atoms. The molecule has 1 aromatic heterocycles. The van der Waals surface area contributed by atoms with E-state index in [0.717, 1.165) is 22.5 Å². The van der Waals surface area contributed by atoms with Crippen molar-refractivity contribution in [3.05, 3.63) is 60.6 Å². The van der Waals surface area contributed by atoms with Crippen molar-refractivity contribution in [1.82, 2.24) is 9.55 Å². The number of carboxylic acid groups (broad SMARTS) is 1. The summed E-state index contributed by atoms with van der Waals surface area (Å²) in [7, 11) is -2.68. The van der Waals surface area contributed by atoms with Gasteiger partial charge in [0, 0.05) is 19.0 Å². The molecule has 0 radical (unpaired) electrons. The second kappa shape index (κ2) is 8.67. The average Bonchev–Trinajstić information content (AvgIpc) is 3.22. The number of fused-ring (bicyclic) bond motifs is 1. The summed E-state index contributed by atoms with van der Waals surface area (Å²) in [6, 6.07) is 8.32. The van der Waals surface area contributed by atoms with Gasteiger partial charge in [-0.2, -0.15) is 13.2 Å². The van der Waals surface area contributed by atoms with Gasteiger partial charge in [-0.05, 0) is 42.8 Å². The minimum absolute atomic E-state index is 0.0207. The number of hydrogen-bond acceptors (Lipinski definition) is 5. The SMILES string of the molecule is Cn1cncc1-c1ccc2c(c1)N(S(=O)(=O)c1cccc(C(F)(F)F)c1)CC(CCC(=O)O)O2. The maximum atomic E-state index is 13.5. The number of carboxylic acids is 1. The van der Waals surface area contributed by atoms with Crippen LogP contribution in [0.5, 0.6) is 5.75 Å². The topological polar surface area (TPSA) is 102 Å². The van der Waals surface area contributed by atoms with Crippen LogP contribution >= 0.6 is 0 Å². The molecule has 2 aromatic carbocycles. The Balaban J connectivity index is 1.81. The molecule has 1 atom stereocenters. The second-order valence-electron chi connectivity index (χ2n) is 7.81. The van der Waals surface area contributed by atoms with Crippen LogP contribution < -0.4 is 9.04 Å². The molecule has 34 heavy (non-hydrogen) atoms. The van der Waals surface area contributed by atoms with E-state index in [1.165, 1.54) is 0 Å². The van der Waals surface area contributed by atoms with E-state index < -0.39 is 38.7 Å². The summed E-state index contributed by atoms with van der Waals surface area (Å²) in [5, 5.41) is 9.02. The molecule has 0 amide bonds. The highest BCUT2D eigenvalue weighted by Crippen LogP contribution is 2.41. The van der Waals surface area contributed by atoms with Gasteiger partial charge >= 0.3 is 12.1 Å². The first-order valence-electron chi connectivity index (χ1n) is 10.2. The molecule has 1 unspecified atom stereocenters. The fourth-order valence-electron chi connectivity index (χ4n) is 3.73. The van der Waals surface area contributed by atoms with E-state index in [1.54, 1.807) is 42.3 Å². The van der Waals surface area contributed by atoms with Gasteiger partial charge in [-0.1, -0.05) is 6.07 Å². The molecule has 1 aliphatic rings. The molecule has 12 heteroatoms. The van der Waals surface area contributed by atoms with Crippen molar-refractivity contribution in [3.63, 3.8) is 0 Å². The van der Waals surface area contributed by atoms with E-state index in [-0.39, 0.29) is 30.8 Å². The molecule has 1 aliphatic heterocycles. The number of benzene rings is 2. The number of anilines is 1. The summed E-state index contributed by atoms with van der Waals surface area (Å²) in [4.78, 5) is 14.5. The van der Waals surface area contributed by atoms with E-state index in [0.29, 0.717) is 17.3 Å². The molecule has 2 heterocycles. The highest BCUT2D eigenvalue weighted by Gasteiger charge is 2.37. The van der Waals surface area contributed by atoms with Gasteiger partial charge in [0.1, 0.15) is 11.9 Å². The molecule has 0 fully saturated rings. The zero-order chi connectivity index (χ0) is 24.7. The van der Waals surface area contributed by atoms with E-state index in [4.69, 9.17) is 9.84 Å². The lowest BCUT2D eigenvalue weighted by molar-refractivity contribution is -0.138. The van der Waals surface area contributed by atoms with Gasteiger partial charge in [-0.25, -0.2) is 13.4 Å². The Morgan fingerprint density at radius 2 is 2.00 bits per heavy atom. The smallest absolute Gasteiger partial charge is 0.416 e. The van der Waals surface area contributed by atoms with E-state index in [1.807, 2.05) is 0 Å². The van der Waals surface area contributed by atoms with Crippen LogP contribution in [0.1, 0.15) is 18.4 Å². The van der Waals surface area contributed by atoms with Crippen LogP contribution in [0, 0.1) is 0 Å². The minimum atomic E-state index is -4.72. The van der Waals surface area contributed by atoms with Crippen molar-refractivity contribution >= 4 is 21.7 Å². The Hall–Kier alpha value is -3.54. The van der Waals surface area contributed by atoms with Crippen LogP contribution in [0.4, 0.5) is 18.9 Å². The maximum Gasteiger partial charge on any atom is 0.416 e. The molecule has 180 valence electrons. The van der Waals surface area contributed by atoms with E-state index >= 15 is 0 Å². The van der Waals surface area contributed by atoms with Gasteiger partial charge in [-0.15, -0.1) is 0 Å². The number of nitrogens with zero attached hydrogens (tertiary/aromatic N) is 3. The van der Waals surface area contributed by atoms with Crippen molar-refractivity contribution in [1.29, 1.82) is 0 Å². The van der Waals surface area contributed by atoms with Gasteiger partial charge in [0.15, 0.2) is 0 Å². The lowest BCUT2D eigenvalue weighted by Gasteiger charge is -2.35. The maximum absolute atomic E-state index is 13.5. The Bertz CT molecular complexity index is 1340. The molecular weight excluding hydrogens is 475 g/mol. The van der Waals surface area contributed by atoms with Crippen LogP contribution in [0.3, 0.4) is 0 Å². The number of aliphatic carboxylic acids is 1. The number of sulfonamides is 1. The minimum Gasteiger partial charge on any atom is -0.486 e. The number of carbonyl (C=O) groups is 1. The number of hydrogen-bond donors (Lipinski definition) is 1. The number of rotatable bonds is 6. The zero-order valence-electron chi connectivity index (χ0n) is 17.9. The number of imidazole rings is 1. The number of ether oxygens (including phenoxy) is 1. The van der Waals surface area contributed by atoms with Crippen LogP contribution in [-0.2, 0) is 28.0 Å². The molecule has 3 aromatic rings. The van der Waals surface area contributed by atoms with E-state index in [2.05, 4.69) is 4.98 Å². The summed E-state index contributed by atoms with van der Waals surface area (Å²) in [6.45, 7) is -0.256. The summed E-state index contributed by atoms with van der Waals surface area (Å²) in [5.74, 6) is -0.892. The number of halogens is 3. The third-order valence-electron chi connectivity index (χ3n) is 5.43. The monoisotopic (exact) mass is 495 g/mol. The normalized spacial score (nSPS) is 16.1. The molecule has 0 saturated carbocycles. The van der Waals surface area contributed by atoms with Crippen LogP contribution in [0.15, 0.2) is 59.9 Å².